The Hall–Kier alpha value is -3.00. The molecule has 8 heteroatoms. The van der Waals surface area contributed by atoms with E-state index < -0.39 is 34.6 Å². The third-order valence-electron chi connectivity index (χ3n) is 3.19. The van der Waals surface area contributed by atoms with Crippen LogP contribution in [0.4, 0.5) is 26.3 Å². The van der Waals surface area contributed by atoms with Crippen molar-refractivity contribution in [3.8, 4) is 23.3 Å². The van der Waals surface area contributed by atoms with Crippen molar-refractivity contribution in [2.24, 2.45) is 0 Å². The maximum Gasteiger partial charge on any atom is 0.418 e. The summed E-state index contributed by atoms with van der Waals surface area (Å²) in [7, 11) is 0. The van der Waals surface area contributed by atoms with E-state index in [1.165, 1.54) is 18.2 Å². The normalized spacial score (nSPS) is 11.7. The fourth-order valence-corrected chi connectivity index (χ4v) is 2.17. The molecule has 2 aromatic carbocycles. The Labute approximate surface area is 132 Å². The minimum atomic E-state index is -4.93. The van der Waals surface area contributed by atoms with E-state index in [-0.39, 0.29) is 11.1 Å². The molecule has 0 aromatic heterocycles. The van der Waals surface area contributed by atoms with Crippen molar-refractivity contribution in [1.82, 2.24) is 0 Å². The molecular formula is C16H6F6N2. The molecule has 0 bridgehead atoms. The van der Waals surface area contributed by atoms with Crippen LogP contribution >= 0.6 is 0 Å². The van der Waals surface area contributed by atoms with Crippen LogP contribution in [-0.2, 0) is 12.4 Å². The SMILES string of the molecule is N#Cc1cc(-c2cccc(C(F)(F)F)c2)cc(C#N)c1C(F)(F)F. The summed E-state index contributed by atoms with van der Waals surface area (Å²) in [5.74, 6) is 0. The number of hydrogen-bond donors (Lipinski definition) is 0. The van der Waals surface area contributed by atoms with Crippen molar-refractivity contribution in [1.29, 1.82) is 10.5 Å². The molecule has 24 heavy (non-hydrogen) atoms. The number of halogens is 6. The summed E-state index contributed by atoms with van der Waals surface area (Å²) >= 11 is 0. The number of hydrogen-bond acceptors (Lipinski definition) is 2. The van der Waals surface area contributed by atoms with Gasteiger partial charge in [-0.05, 0) is 35.4 Å². The lowest BCUT2D eigenvalue weighted by Crippen LogP contribution is -2.11. The van der Waals surface area contributed by atoms with E-state index in [2.05, 4.69) is 0 Å². The van der Waals surface area contributed by atoms with Crippen LogP contribution in [0.25, 0.3) is 11.1 Å². The molecule has 2 rings (SSSR count). The van der Waals surface area contributed by atoms with E-state index in [0.717, 1.165) is 30.3 Å². The summed E-state index contributed by atoms with van der Waals surface area (Å²) in [5.41, 5.74) is -4.17. The summed E-state index contributed by atoms with van der Waals surface area (Å²) in [6, 6.07) is 8.21. The number of alkyl halides is 6. The van der Waals surface area contributed by atoms with E-state index in [4.69, 9.17) is 10.5 Å². The van der Waals surface area contributed by atoms with Crippen molar-refractivity contribution in [3.05, 3.63) is 58.7 Å². The molecule has 2 aromatic rings. The highest BCUT2D eigenvalue weighted by molar-refractivity contribution is 5.70. The van der Waals surface area contributed by atoms with Gasteiger partial charge in [-0.25, -0.2) is 0 Å². The largest absolute Gasteiger partial charge is 0.418 e. The van der Waals surface area contributed by atoms with Crippen molar-refractivity contribution in [3.63, 3.8) is 0 Å². The topological polar surface area (TPSA) is 47.6 Å². The van der Waals surface area contributed by atoms with Gasteiger partial charge in [-0.1, -0.05) is 12.1 Å². The van der Waals surface area contributed by atoms with Crippen LogP contribution in [0.2, 0.25) is 0 Å². The van der Waals surface area contributed by atoms with Gasteiger partial charge in [-0.3, -0.25) is 0 Å². The van der Waals surface area contributed by atoms with Gasteiger partial charge in [0.15, 0.2) is 0 Å². The zero-order chi connectivity index (χ0) is 18.1. The molecule has 0 atom stereocenters. The second-order valence-electron chi connectivity index (χ2n) is 4.75. The number of benzene rings is 2. The highest BCUT2D eigenvalue weighted by Crippen LogP contribution is 2.38. The van der Waals surface area contributed by atoms with E-state index in [9.17, 15) is 26.3 Å². The highest BCUT2D eigenvalue weighted by Gasteiger charge is 2.37. The van der Waals surface area contributed by atoms with Gasteiger partial charge in [0.1, 0.15) is 0 Å². The van der Waals surface area contributed by atoms with Crippen LogP contribution in [0.3, 0.4) is 0 Å². The van der Waals surface area contributed by atoms with Crippen molar-refractivity contribution >= 4 is 0 Å². The van der Waals surface area contributed by atoms with Crippen LogP contribution < -0.4 is 0 Å². The molecule has 0 fully saturated rings. The third-order valence-corrected chi connectivity index (χ3v) is 3.19. The second kappa shape index (κ2) is 5.89. The first-order valence-corrected chi connectivity index (χ1v) is 6.31. The predicted octanol–water partition coefficient (Wildman–Crippen LogP) is 5.13. The Morgan fingerprint density at radius 2 is 1.25 bits per heavy atom. The first-order chi connectivity index (χ1) is 11.1. The quantitative estimate of drug-likeness (QED) is 0.675. The average Bonchev–Trinajstić information content (AvgIpc) is 2.51. The summed E-state index contributed by atoms with van der Waals surface area (Å²) in [6.45, 7) is 0. The fourth-order valence-electron chi connectivity index (χ4n) is 2.17. The molecule has 0 aliphatic heterocycles. The Morgan fingerprint density at radius 3 is 1.67 bits per heavy atom. The Bertz CT molecular complexity index is 831. The van der Waals surface area contributed by atoms with Gasteiger partial charge in [-0.2, -0.15) is 36.9 Å². The lowest BCUT2D eigenvalue weighted by Gasteiger charge is -2.13. The van der Waals surface area contributed by atoms with Gasteiger partial charge in [0.05, 0.1) is 34.4 Å². The van der Waals surface area contributed by atoms with Gasteiger partial charge in [-0.15, -0.1) is 0 Å². The van der Waals surface area contributed by atoms with Gasteiger partial charge in [0.25, 0.3) is 0 Å². The lowest BCUT2D eigenvalue weighted by molar-refractivity contribution is -0.138. The first-order valence-electron chi connectivity index (χ1n) is 6.31. The zero-order valence-corrected chi connectivity index (χ0v) is 11.6. The van der Waals surface area contributed by atoms with Crippen molar-refractivity contribution < 1.29 is 26.3 Å². The Morgan fingerprint density at radius 1 is 0.708 bits per heavy atom. The lowest BCUT2D eigenvalue weighted by atomic mass is 9.94. The van der Waals surface area contributed by atoms with Gasteiger partial charge < -0.3 is 0 Å². The molecule has 122 valence electrons. The standard InChI is InChI=1S/C16H6F6N2/c17-15(18,19)13-3-1-2-9(6-13)10-4-11(7-23)14(16(20,21)22)12(5-10)8-24/h1-6H. The highest BCUT2D eigenvalue weighted by atomic mass is 19.4. The average molecular weight is 340 g/mol. The van der Waals surface area contributed by atoms with Gasteiger partial charge in [0.2, 0.25) is 0 Å². The summed E-state index contributed by atoms with van der Waals surface area (Å²) in [6.07, 6.45) is -9.56. The molecule has 0 aliphatic rings. The van der Waals surface area contributed by atoms with Crippen LogP contribution in [-0.4, -0.2) is 0 Å². The van der Waals surface area contributed by atoms with Crippen LogP contribution in [0.15, 0.2) is 36.4 Å². The minimum absolute atomic E-state index is 0.0495. The van der Waals surface area contributed by atoms with Crippen molar-refractivity contribution in [2.45, 2.75) is 12.4 Å². The summed E-state index contributed by atoms with van der Waals surface area (Å²) in [5, 5.41) is 17.8. The van der Waals surface area contributed by atoms with E-state index in [1.54, 1.807) is 0 Å². The van der Waals surface area contributed by atoms with Crippen LogP contribution in [0.1, 0.15) is 22.3 Å². The molecular weight excluding hydrogens is 334 g/mol. The molecule has 0 amide bonds. The van der Waals surface area contributed by atoms with E-state index in [0.29, 0.717) is 0 Å². The maximum absolute atomic E-state index is 13.0. The van der Waals surface area contributed by atoms with E-state index in [1.807, 2.05) is 0 Å². The van der Waals surface area contributed by atoms with Crippen molar-refractivity contribution in [2.75, 3.05) is 0 Å². The predicted molar refractivity (Wildman–Crippen MR) is 71.3 cm³/mol. The number of nitriles is 2. The number of rotatable bonds is 1. The molecule has 0 spiro atoms. The third kappa shape index (κ3) is 3.33. The van der Waals surface area contributed by atoms with E-state index >= 15 is 0 Å². The molecule has 0 N–H and O–H groups in total. The maximum atomic E-state index is 13.0. The molecule has 0 saturated heterocycles. The fraction of sp³-hybridized carbons (Fsp3) is 0.125. The first kappa shape index (κ1) is 17.4. The van der Waals surface area contributed by atoms with Crippen LogP contribution in [0, 0.1) is 22.7 Å². The Balaban J connectivity index is 2.71. The molecule has 0 radical (unpaired) electrons. The summed E-state index contributed by atoms with van der Waals surface area (Å²) < 4.78 is 77.2. The molecule has 0 saturated carbocycles. The summed E-state index contributed by atoms with van der Waals surface area (Å²) in [4.78, 5) is 0. The molecule has 0 unspecified atom stereocenters. The Kier molecular flexibility index (Phi) is 4.26. The number of nitrogens with zero attached hydrogens (tertiary/aromatic N) is 2. The monoisotopic (exact) mass is 340 g/mol. The second-order valence-corrected chi connectivity index (χ2v) is 4.75. The molecule has 0 heterocycles. The minimum Gasteiger partial charge on any atom is -0.192 e. The molecule has 0 aliphatic carbocycles. The van der Waals surface area contributed by atoms with Gasteiger partial charge >= 0.3 is 12.4 Å². The molecule has 2 nitrogen and oxygen atoms in total. The van der Waals surface area contributed by atoms with Gasteiger partial charge in [0, 0.05) is 0 Å². The van der Waals surface area contributed by atoms with Crippen LogP contribution in [0.5, 0.6) is 0 Å². The zero-order valence-electron chi connectivity index (χ0n) is 11.6. The smallest absolute Gasteiger partial charge is 0.192 e.